The van der Waals surface area contributed by atoms with Crippen molar-refractivity contribution in [3.05, 3.63) is 40.7 Å². The molecule has 1 heterocycles. The van der Waals surface area contributed by atoms with Crippen LogP contribution in [0.1, 0.15) is 11.4 Å². The van der Waals surface area contributed by atoms with Crippen molar-refractivity contribution in [2.45, 2.75) is 19.9 Å². The van der Waals surface area contributed by atoms with Crippen LogP contribution in [0.3, 0.4) is 0 Å². The van der Waals surface area contributed by atoms with E-state index in [2.05, 4.69) is 10.3 Å². The Morgan fingerprint density at radius 3 is 2.74 bits per heavy atom. The van der Waals surface area contributed by atoms with Crippen molar-refractivity contribution in [2.24, 2.45) is 0 Å². The van der Waals surface area contributed by atoms with Crippen LogP contribution in [0.4, 0.5) is 0 Å². The van der Waals surface area contributed by atoms with E-state index in [0.717, 1.165) is 17.1 Å². The molecule has 0 spiro atoms. The fourth-order valence-corrected chi connectivity index (χ4v) is 1.85. The highest BCUT2D eigenvalue weighted by Crippen LogP contribution is 2.15. The lowest BCUT2D eigenvalue weighted by atomic mass is 10.3. The molecule has 1 aromatic carbocycles. The van der Waals surface area contributed by atoms with Gasteiger partial charge in [-0.2, -0.15) is 0 Å². The van der Waals surface area contributed by atoms with Crippen LogP contribution >= 0.6 is 11.6 Å². The molecule has 0 aliphatic rings. The van der Waals surface area contributed by atoms with E-state index < -0.39 is 0 Å². The van der Waals surface area contributed by atoms with E-state index >= 15 is 0 Å². The summed E-state index contributed by atoms with van der Waals surface area (Å²) in [5.41, 5.74) is 1.79. The number of rotatable bonds is 6. The number of aromatic nitrogens is 3. The van der Waals surface area contributed by atoms with Gasteiger partial charge in [0.1, 0.15) is 12.4 Å². The van der Waals surface area contributed by atoms with Crippen LogP contribution in [0.2, 0.25) is 5.02 Å². The molecule has 0 radical (unpaired) electrons. The summed E-state index contributed by atoms with van der Waals surface area (Å²) in [5, 5.41) is 17.6. The van der Waals surface area contributed by atoms with Gasteiger partial charge in [-0.3, -0.25) is 0 Å². The van der Waals surface area contributed by atoms with E-state index in [0.29, 0.717) is 24.6 Å². The third-order valence-corrected chi connectivity index (χ3v) is 3.06. The molecule has 19 heavy (non-hydrogen) atoms. The van der Waals surface area contributed by atoms with Gasteiger partial charge in [-0.25, -0.2) is 4.68 Å². The number of hydrogen-bond acceptors (Lipinski definition) is 4. The van der Waals surface area contributed by atoms with Gasteiger partial charge in [-0.05, 0) is 31.2 Å². The smallest absolute Gasteiger partial charge is 0.119 e. The number of nitrogens with zero attached hydrogens (tertiary/aromatic N) is 3. The molecule has 2 aromatic rings. The van der Waals surface area contributed by atoms with Crippen molar-refractivity contribution in [3.8, 4) is 5.75 Å². The van der Waals surface area contributed by atoms with Crippen LogP contribution in [0.5, 0.6) is 5.75 Å². The number of ether oxygens (including phenoxy) is 1. The lowest BCUT2D eigenvalue weighted by molar-refractivity contribution is 0.288. The largest absolute Gasteiger partial charge is 0.492 e. The maximum absolute atomic E-state index is 8.89. The molecule has 102 valence electrons. The predicted octanol–water partition coefficient (Wildman–Crippen LogP) is 1.85. The maximum atomic E-state index is 8.89. The summed E-state index contributed by atoms with van der Waals surface area (Å²) in [5.74, 6) is 0.776. The summed E-state index contributed by atoms with van der Waals surface area (Å²) in [4.78, 5) is 0. The standard InChI is InChI=1S/C13H16ClN3O2/c1-10-13(6-8-18)15-16-17(10)7-9-19-12-4-2-11(14)3-5-12/h2-5,18H,6-9H2,1H3. The first-order valence-corrected chi connectivity index (χ1v) is 6.46. The van der Waals surface area contributed by atoms with Gasteiger partial charge in [-0.1, -0.05) is 16.8 Å². The van der Waals surface area contributed by atoms with Crippen LogP contribution in [-0.2, 0) is 13.0 Å². The highest BCUT2D eigenvalue weighted by Gasteiger charge is 2.07. The van der Waals surface area contributed by atoms with Gasteiger partial charge in [0.2, 0.25) is 0 Å². The lowest BCUT2D eigenvalue weighted by Crippen LogP contribution is -2.11. The topological polar surface area (TPSA) is 60.2 Å². The van der Waals surface area contributed by atoms with Crippen LogP contribution < -0.4 is 4.74 Å². The highest BCUT2D eigenvalue weighted by molar-refractivity contribution is 6.30. The van der Waals surface area contributed by atoms with Crippen molar-refractivity contribution in [1.29, 1.82) is 0 Å². The first kappa shape index (κ1) is 13.8. The monoisotopic (exact) mass is 281 g/mol. The molecule has 2 rings (SSSR count). The van der Waals surface area contributed by atoms with Crippen LogP contribution in [0.25, 0.3) is 0 Å². The van der Waals surface area contributed by atoms with E-state index in [1.165, 1.54) is 0 Å². The van der Waals surface area contributed by atoms with E-state index in [1.807, 2.05) is 19.1 Å². The van der Waals surface area contributed by atoms with Crippen molar-refractivity contribution >= 4 is 11.6 Å². The fraction of sp³-hybridized carbons (Fsp3) is 0.385. The highest BCUT2D eigenvalue weighted by atomic mass is 35.5. The van der Waals surface area contributed by atoms with Gasteiger partial charge >= 0.3 is 0 Å². The van der Waals surface area contributed by atoms with Gasteiger partial charge < -0.3 is 9.84 Å². The van der Waals surface area contributed by atoms with Gasteiger partial charge in [0.25, 0.3) is 0 Å². The first-order valence-electron chi connectivity index (χ1n) is 6.09. The molecular formula is C13H16ClN3O2. The van der Waals surface area contributed by atoms with Crippen molar-refractivity contribution < 1.29 is 9.84 Å². The van der Waals surface area contributed by atoms with Gasteiger partial charge in [-0.15, -0.1) is 5.10 Å². The third-order valence-electron chi connectivity index (χ3n) is 2.81. The quantitative estimate of drug-likeness (QED) is 0.878. The van der Waals surface area contributed by atoms with Crippen LogP contribution in [0, 0.1) is 6.92 Å². The zero-order chi connectivity index (χ0) is 13.7. The zero-order valence-electron chi connectivity index (χ0n) is 10.7. The second-order valence-electron chi connectivity index (χ2n) is 4.12. The molecular weight excluding hydrogens is 266 g/mol. The first-order chi connectivity index (χ1) is 9.20. The zero-order valence-corrected chi connectivity index (χ0v) is 11.5. The molecule has 0 amide bonds. The normalized spacial score (nSPS) is 10.7. The molecule has 1 aromatic heterocycles. The summed E-state index contributed by atoms with van der Waals surface area (Å²) in [6.07, 6.45) is 0.532. The van der Waals surface area contributed by atoms with Gasteiger partial charge in [0, 0.05) is 18.1 Å². The Kier molecular flexibility index (Phi) is 4.76. The molecule has 1 N–H and O–H groups in total. The predicted molar refractivity (Wildman–Crippen MR) is 72.5 cm³/mol. The lowest BCUT2D eigenvalue weighted by Gasteiger charge is -2.07. The molecule has 0 aliphatic carbocycles. The Morgan fingerprint density at radius 1 is 1.32 bits per heavy atom. The van der Waals surface area contributed by atoms with E-state index in [9.17, 15) is 0 Å². The molecule has 5 nitrogen and oxygen atoms in total. The third kappa shape index (κ3) is 3.68. The summed E-state index contributed by atoms with van der Waals surface area (Å²) in [6.45, 7) is 3.14. The number of hydrogen-bond donors (Lipinski definition) is 1. The Morgan fingerprint density at radius 2 is 2.05 bits per heavy atom. The second-order valence-corrected chi connectivity index (χ2v) is 4.56. The summed E-state index contributed by atoms with van der Waals surface area (Å²) < 4.78 is 7.37. The SMILES string of the molecule is Cc1c(CCO)nnn1CCOc1ccc(Cl)cc1. The molecule has 0 saturated heterocycles. The molecule has 0 atom stereocenters. The van der Waals surface area contributed by atoms with Gasteiger partial charge in [0.15, 0.2) is 0 Å². The number of aliphatic hydroxyl groups is 1. The second kappa shape index (κ2) is 6.54. The van der Waals surface area contributed by atoms with E-state index in [1.54, 1.807) is 16.8 Å². The number of aliphatic hydroxyl groups excluding tert-OH is 1. The minimum absolute atomic E-state index is 0.0841. The van der Waals surface area contributed by atoms with Crippen LogP contribution in [-0.4, -0.2) is 33.3 Å². The van der Waals surface area contributed by atoms with Gasteiger partial charge in [0.05, 0.1) is 17.9 Å². The molecule has 0 fully saturated rings. The minimum Gasteiger partial charge on any atom is -0.492 e. The number of benzene rings is 1. The maximum Gasteiger partial charge on any atom is 0.119 e. The molecule has 0 bridgehead atoms. The van der Waals surface area contributed by atoms with Crippen molar-refractivity contribution in [2.75, 3.05) is 13.2 Å². The minimum atomic E-state index is 0.0841. The Hall–Kier alpha value is -1.59. The van der Waals surface area contributed by atoms with Crippen molar-refractivity contribution in [3.63, 3.8) is 0 Å². The Labute approximate surface area is 116 Å². The summed E-state index contributed by atoms with van der Waals surface area (Å²) in [6, 6.07) is 7.23. The number of halogens is 1. The average Bonchev–Trinajstić information content (AvgIpc) is 2.75. The molecule has 0 aliphatic heterocycles. The average molecular weight is 282 g/mol. The van der Waals surface area contributed by atoms with E-state index in [4.69, 9.17) is 21.4 Å². The molecule has 0 unspecified atom stereocenters. The molecule has 6 heteroatoms. The molecule has 0 saturated carbocycles. The summed E-state index contributed by atoms with van der Waals surface area (Å²) >= 11 is 5.80. The van der Waals surface area contributed by atoms with Crippen molar-refractivity contribution in [1.82, 2.24) is 15.0 Å². The fourth-order valence-electron chi connectivity index (χ4n) is 1.73. The Bertz CT molecular complexity index is 525. The Balaban J connectivity index is 1.87. The summed E-state index contributed by atoms with van der Waals surface area (Å²) in [7, 11) is 0. The van der Waals surface area contributed by atoms with E-state index in [-0.39, 0.29) is 6.61 Å². The van der Waals surface area contributed by atoms with Crippen LogP contribution in [0.15, 0.2) is 24.3 Å².